The summed E-state index contributed by atoms with van der Waals surface area (Å²) in [6, 6.07) is 5.93. The highest BCUT2D eigenvalue weighted by molar-refractivity contribution is 6.08. The van der Waals surface area contributed by atoms with E-state index in [0.717, 1.165) is 28.7 Å². The Kier molecular flexibility index (Phi) is 2.58. The Morgan fingerprint density at radius 2 is 2.12 bits per heavy atom. The zero-order valence-corrected chi connectivity index (χ0v) is 9.91. The SMILES string of the molecule is Cc1ccc2c(c1)C(C=O)=CC(C)(C)CO2. The van der Waals surface area contributed by atoms with E-state index in [4.69, 9.17) is 4.74 Å². The van der Waals surface area contributed by atoms with Crippen molar-refractivity contribution >= 4 is 11.9 Å². The van der Waals surface area contributed by atoms with E-state index in [1.807, 2.05) is 31.2 Å². The Hall–Kier alpha value is -1.57. The summed E-state index contributed by atoms with van der Waals surface area (Å²) in [5, 5.41) is 0. The minimum Gasteiger partial charge on any atom is -0.492 e. The van der Waals surface area contributed by atoms with Crippen molar-refractivity contribution in [3.05, 3.63) is 35.4 Å². The molecule has 0 N–H and O–H groups in total. The van der Waals surface area contributed by atoms with Crippen LogP contribution in [-0.2, 0) is 4.79 Å². The Labute approximate surface area is 95.9 Å². The van der Waals surface area contributed by atoms with Crippen molar-refractivity contribution in [3.8, 4) is 5.75 Å². The van der Waals surface area contributed by atoms with Crippen LogP contribution in [0, 0.1) is 12.3 Å². The molecule has 1 aliphatic heterocycles. The van der Waals surface area contributed by atoms with Crippen molar-refractivity contribution in [3.63, 3.8) is 0 Å². The molecular weight excluding hydrogens is 200 g/mol. The molecule has 2 heteroatoms. The predicted octanol–water partition coefficient (Wildman–Crippen LogP) is 3.00. The van der Waals surface area contributed by atoms with E-state index in [1.165, 1.54) is 0 Å². The Balaban J connectivity index is 2.59. The molecule has 0 spiro atoms. The summed E-state index contributed by atoms with van der Waals surface area (Å²) >= 11 is 0. The number of carbonyl (C=O) groups is 1. The lowest BCUT2D eigenvalue weighted by atomic mass is 9.91. The molecule has 0 saturated carbocycles. The molecule has 2 nitrogen and oxygen atoms in total. The Morgan fingerprint density at radius 1 is 1.38 bits per heavy atom. The lowest BCUT2D eigenvalue weighted by molar-refractivity contribution is -0.103. The minimum absolute atomic E-state index is 0.108. The molecule has 1 aromatic carbocycles. The third-order valence-electron chi connectivity index (χ3n) is 2.72. The molecule has 0 radical (unpaired) electrons. The van der Waals surface area contributed by atoms with E-state index in [2.05, 4.69) is 13.8 Å². The van der Waals surface area contributed by atoms with Gasteiger partial charge in [-0.3, -0.25) is 4.79 Å². The molecule has 0 fully saturated rings. The van der Waals surface area contributed by atoms with E-state index in [-0.39, 0.29) is 5.41 Å². The van der Waals surface area contributed by atoms with Crippen molar-refractivity contribution in [2.75, 3.05) is 6.61 Å². The molecule has 1 aliphatic rings. The van der Waals surface area contributed by atoms with Gasteiger partial charge in [0.2, 0.25) is 0 Å². The molecule has 0 atom stereocenters. The third kappa shape index (κ3) is 2.01. The minimum atomic E-state index is -0.108. The molecule has 2 rings (SSSR count). The summed E-state index contributed by atoms with van der Waals surface area (Å²) in [5.74, 6) is 0.800. The van der Waals surface area contributed by atoms with Crippen LogP contribution in [0.15, 0.2) is 24.3 Å². The molecule has 1 heterocycles. The van der Waals surface area contributed by atoms with Crippen LogP contribution in [0.3, 0.4) is 0 Å². The first-order valence-electron chi connectivity index (χ1n) is 5.44. The third-order valence-corrected chi connectivity index (χ3v) is 2.72. The van der Waals surface area contributed by atoms with E-state index < -0.39 is 0 Å². The number of hydrogen-bond acceptors (Lipinski definition) is 2. The Bertz CT molecular complexity index is 456. The zero-order valence-electron chi connectivity index (χ0n) is 9.91. The topological polar surface area (TPSA) is 26.3 Å². The zero-order chi connectivity index (χ0) is 11.8. The molecular formula is C14H16O2. The van der Waals surface area contributed by atoms with Crippen LogP contribution in [0.1, 0.15) is 25.0 Å². The summed E-state index contributed by atoms with van der Waals surface area (Å²) in [5.41, 5.74) is 2.65. The van der Waals surface area contributed by atoms with Gasteiger partial charge in [-0.25, -0.2) is 0 Å². The van der Waals surface area contributed by atoms with E-state index in [0.29, 0.717) is 6.61 Å². The van der Waals surface area contributed by atoms with Crippen LogP contribution in [0.4, 0.5) is 0 Å². The first-order chi connectivity index (χ1) is 7.52. The first-order valence-corrected chi connectivity index (χ1v) is 5.44. The van der Waals surface area contributed by atoms with E-state index >= 15 is 0 Å². The monoisotopic (exact) mass is 216 g/mol. The molecule has 0 saturated heterocycles. The number of allylic oxidation sites excluding steroid dienone is 1. The fourth-order valence-corrected chi connectivity index (χ4v) is 1.90. The maximum Gasteiger partial charge on any atom is 0.150 e. The number of aldehydes is 1. The van der Waals surface area contributed by atoms with Crippen molar-refractivity contribution in [2.24, 2.45) is 5.41 Å². The van der Waals surface area contributed by atoms with Crippen LogP contribution in [0.2, 0.25) is 0 Å². The smallest absolute Gasteiger partial charge is 0.150 e. The van der Waals surface area contributed by atoms with Crippen LogP contribution >= 0.6 is 0 Å². The highest BCUT2D eigenvalue weighted by atomic mass is 16.5. The second-order valence-corrected chi connectivity index (χ2v) is 4.99. The van der Waals surface area contributed by atoms with Gasteiger partial charge >= 0.3 is 0 Å². The number of rotatable bonds is 1. The number of fused-ring (bicyclic) bond motifs is 1. The van der Waals surface area contributed by atoms with Gasteiger partial charge < -0.3 is 4.74 Å². The van der Waals surface area contributed by atoms with Crippen molar-refractivity contribution in [2.45, 2.75) is 20.8 Å². The number of ether oxygens (including phenoxy) is 1. The van der Waals surface area contributed by atoms with Crippen LogP contribution in [0.5, 0.6) is 5.75 Å². The lowest BCUT2D eigenvalue weighted by Crippen LogP contribution is -2.17. The molecule has 0 aromatic heterocycles. The van der Waals surface area contributed by atoms with Gasteiger partial charge in [0.05, 0.1) is 6.61 Å². The first kappa shape index (κ1) is 10.9. The number of aryl methyl sites for hydroxylation is 1. The molecule has 16 heavy (non-hydrogen) atoms. The van der Waals surface area contributed by atoms with Crippen molar-refractivity contribution in [1.82, 2.24) is 0 Å². The van der Waals surface area contributed by atoms with Crippen LogP contribution in [0.25, 0.3) is 5.57 Å². The van der Waals surface area contributed by atoms with Crippen molar-refractivity contribution in [1.29, 1.82) is 0 Å². The molecule has 1 aromatic rings. The highest BCUT2D eigenvalue weighted by Crippen LogP contribution is 2.34. The second kappa shape index (κ2) is 3.78. The van der Waals surface area contributed by atoms with E-state index in [9.17, 15) is 4.79 Å². The summed E-state index contributed by atoms with van der Waals surface area (Å²) in [4.78, 5) is 11.2. The summed E-state index contributed by atoms with van der Waals surface area (Å²) in [7, 11) is 0. The molecule has 0 bridgehead atoms. The maximum atomic E-state index is 11.2. The van der Waals surface area contributed by atoms with Crippen LogP contribution < -0.4 is 4.74 Å². The maximum absolute atomic E-state index is 11.2. The van der Waals surface area contributed by atoms with Gasteiger partial charge in [-0.2, -0.15) is 0 Å². The quantitative estimate of drug-likeness (QED) is 0.674. The van der Waals surface area contributed by atoms with Crippen molar-refractivity contribution < 1.29 is 9.53 Å². The van der Waals surface area contributed by atoms with Gasteiger partial charge in [-0.05, 0) is 19.1 Å². The van der Waals surface area contributed by atoms with Gasteiger partial charge in [0, 0.05) is 16.6 Å². The number of benzene rings is 1. The lowest BCUT2D eigenvalue weighted by Gasteiger charge is -2.18. The normalized spacial score (nSPS) is 17.8. The van der Waals surface area contributed by atoms with E-state index in [1.54, 1.807) is 0 Å². The molecule has 0 unspecified atom stereocenters. The average Bonchev–Trinajstić information content (AvgIpc) is 2.36. The highest BCUT2D eigenvalue weighted by Gasteiger charge is 2.23. The van der Waals surface area contributed by atoms with Gasteiger partial charge in [0.15, 0.2) is 0 Å². The predicted molar refractivity (Wildman–Crippen MR) is 64.5 cm³/mol. The molecule has 84 valence electrons. The second-order valence-electron chi connectivity index (χ2n) is 4.99. The fourth-order valence-electron chi connectivity index (χ4n) is 1.90. The van der Waals surface area contributed by atoms with Gasteiger partial charge in [-0.15, -0.1) is 0 Å². The summed E-state index contributed by atoms with van der Waals surface area (Å²) < 4.78 is 5.74. The van der Waals surface area contributed by atoms with Gasteiger partial charge in [0.25, 0.3) is 0 Å². The van der Waals surface area contributed by atoms with Gasteiger partial charge in [-0.1, -0.05) is 31.6 Å². The average molecular weight is 216 g/mol. The van der Waals surface area contributed by atoms with Gasteiger partial charge in [0.1, 0.15) is 12.0 Å². The number of carbonyl (C=O) groups excluding carboxylic acids is 1. The largest absolute Gasteiger partial charge is 0.492 e. The number of hydrogen-bond donors (Lipinski definition) is 0. The summed E-state index contributed by atoms with van der Waals surface area (Å²) in [6.45, 7) is 6.74. The molecule has 0 aliphatic carbocycles. The standard InChI is InChI=1S/C14H16O2/c1-10-4-5-13-12(6-10)11(8-15)7-14(2,3)9-16-13/h4-8H,9H2,1-3H3. The fraction of sp³-hybridized carbons (Fsp3) is 0.357. The molecule has 0 amide bonds. The van der Waals surface area contributed by atoms with Crippen LogP contribution in [-0.4, -0.2) is 12.9 Å². The Morgan fingerprint density at radius 3 is 2.81 bits per heavy atom. The summed E-state index contributed by atoms with van der Waals surface area (Å²) in [6.07, 6.45) is 2.90.